The lowest BCUT2D eigenvalue weighted by Crippen LogP contribution is -2.34. The van der Waals surface area contributed by atoms with Gasteiger partial charge < -0.3 is 15.3 Å². The Labute approximate surface area is 125 Å². The maximum absolute atomic E-state index is 11.9. The number of benzene rings is 1. The number of carbonyl (C=O) groups excluding carboxylic acids is 1. The number of nitrogens with zero attached hydrogens (tertiary/aromatic N) is 2. The van der Waals surface area contributed by atoms with Crippen molar-refractivity contribution < 1.29 is 14.7 Å². The number of rotatable bonds is 4. The summed E-state index contributed by atoms with van der Waals surface area (Å²) >= 11 is 3.19. The van der Waals surface area contributed by atoms with Crippen molar-refractivity contribution in [3.63, 3.8) is 0 Å². The number of carboxylic acids is 1. The summed E-state index contributed by atoms with van der Waals surface area (Å²) in [6, 6.07) is 6.05. The standard InChI is InChI=1S/C13H14BrN3O3/c1-8(6-15)7-17(2)13(20)16-11-4-9(12(18)19)3-10(14)5-11/h3-5,8H,7H2,1-2H3,(H,16,20)(H,18,19). The molecule has 0 aliphatic heterocycles. The Kier molecular flexibility index (Phi) is 5.53. The second kappa shape index (κ2) is 6.91. The van der Waals surface area contributed by atoms with Crippen LogP contribution in [0.3, 0.4) is 0 Å². The Morgan fingerprint density at radius 1 is 1.50 bits per heavy atom. The summed E-state index contributed by atoms with van der Waals surface area (Å²) in [5.41, 5.74) is 0.445. The average molecular weight is 340 g/mol. The van der Waals surface area contributed by atoms with Gasteiger partial charge in [0.1, 0.15) is 0 Å². The topological polar surface area (TPSA) is 93.4 Å². The molecule has 0 bridgehead atoms. The van der Waals surface area contributed by atoms with Crippen molar-refractivity contribution >= 4 is 33.6 Å². The highest BCUT2D eigenvalue weighted by Gasteiger charge is 2.13. The quantitative estimate of drug-likeness (QED) is 0.881. The lowest BCUT2D eigenvalue weighted by Gasteiger charge is -2.19. The van der Waals surface area contributed by atoms with Gasteiger partial charge in [-0.3, -0.25) is 0 Å². The van der Waals surface area contributed by atoms with E-state index in [0.29, 0.717) is 16.7 Å². The molecule has 6 nitrogen and oxygen atoms in total. The van der Waals surface area contributed by atoms with Gasteiger partial charge >= 0.3 is 12.0 Å². The minimum Gasteiger partial charge on any atom is -0.478 e. The van der Waals surface area contributed by atoms with Gasteiger partial charge in [-0.1, -0.05) is 15.9 Å². The number of aromatic carboxylic acids is 1. The molecule has 0 aromatic heterocycles. The fourth-order valence-electron chi connectivity index (χ4n) is 1.54. The zero-order valence-electron chi connectivity index (χ0n) is 11.1. The Morgan fingerprint density at radius 3 is 2.70 bits per heavy atom. The van der Waals surface area contributed by atoms with E-state index in [1.807, 2.05) is 6.07 Å². The molecule has 1 atom stereocenters. The number of amides is 2. The van der Waals surface area contributed by atoms with Crippen LogP contribution in [0.15, 0.2) is 22.7 Å². The molecule has 0 saturated heterocycles. The number of halogens is 1. The predicted molar refractivity (Wildman–Crippen MR) is 77.5 cm³/mol. The number of hydrogen-bond acceptors (Lipinski definition) is 3. The van der Waals surface area contributed by atoms with E-state index in [4.69, 9.17) is 10.4 Å². The van der Waals surface area contributed by atoms with Crippen LogP contribution >= 0.6 is 15.9 Å². The number of nitriles is 1. The van der Waals surface area contributed by atoms with Crippen LogP contribution < -0.4 is 5.32 Å². The molecule has 7 heteroatoms. The van der Waals surface area contributed by atoms with Crippen LogP contribution in [0.4, 0.5) is 10.5 Å². The Bertz CT molecular complexity index is 568. The molecule has 106 valence electrons. The fourth-order valence-corrected chi connectivity index (χ4v) is 2.03. The molecule has 0 heterocycles. The molecule has 0 fully saturated rings. The van der Waals surface area contributed by atoms with Crippen LogP contribution in [0.2, 0.25) is 0 Å². The lowest BCUT2D eigenvalue weighted by molar-refractivity contribution is 0.0697. The van der Waals surface area contributed by atoms with Crippen LogP contribution in [0.25, 0.3) is 0 Å². The number of urea groups is 1. The van der Waals surface area contributed by atoms with Crippen molar-refractivity contribution in [3.8, 4) is 6.07 Å². The van der Waals surface area contributed by atoms with E-state index in [1.54, 1.807) is 20.0 Å². The first-order chi connectivity index (χ1) is 9.33. The summed E-state index contributed by atoms with van der Waals surface area (Å²) in [5, 5.41) is 20.2. The van der Waals surface area contributed by atoms with E-state index >= 15 is 0 Å². The van der Waals surface area contributed by atoms with Crippen molar-refractivity contribution in [2.45, 2.75) is 6.92 Å². The largest absolute Gasteiger partial charge is 0.478 e. The molecule has 2 N–H and O–H groups in total. The Balaban J connectivity index is 2.80. The number of hydrogen-bond donors (Lipinski definition) is 2. The Hall–Kier alpha value is -2.07. The van der Waals surface area contributed by atoms with Gasteiger partial charge in [-0.2, -0.15) is 5.26 Å². The lowest BCUT2D eigenvalue weighted by atomic mass is 10.2. The average Bonchev–Trinajstić information content (AvgIpc) is 2.37. The van der Waals surface area contributed by atoms with Crippen LogP contribution in [-0.4, -0.2) is 35.6 Å². The van der Waals surface area contributed by atoms with Gasteiger partial charge in [0.15, 0.2) is 0 Å². The zero-order valence-corrected chi connectivity index (χ0v) is 12.6. The van der Waals surface area contributed by atoms with Gasteiger partial charge in [-0.15, -0.1) is 0 Å². The molecule has 0 saturated carbocycles. The van der Waals surface area contributed by atoms with Crippen molar-refractivity contribution in [1.82, 2.24) is 4.90 Å². The summed E-state index contributed by atoms with van der Waals surface area (Å²) in [6.07, 6.45) is 0. The minimum absolute atomic E-state index is 0.0720. The van der Waals surface area contributed by atoms with Gasteiger partial charge in [0.2, 0.25) is 0 Å². The normalized spacial score (nSPS) is 11.3. The first-order valence-electron chi connectivity index (χ1n) is 5.79. The van der Waals surface area contributed by atoms with E-state index in [2.05, 4.69) is 21.2 Å². The second-order valence-electron chi connectivity index (χ2n) is 4.37. The van der Waals surface area contributed by atoms with Crippen LogP contribution in [0.5, 0.6) is 0 Å². The van der Waals surface area contributed by atoms with Gasteiger partial charge in [0.25, 0.3) is 0 Å². The van der Waals surface area contributed by atoms with Gasteiger partial charge in [0, 0.05) is 23.8 Å². The molecule has 0 aliphatic carbocycles. The second-order valence-corrected chi connectivity index (χ2v) is 5.29. The van der Waals surface area contributed by atoms with Crippen molar-refractivity contribution in [3.05, 3.63) is 28.2 Å². The molecule has 0 aliphatic rings. The Morgan fingerprint density at radius 2 is 2.15 bits per heavy atom. The van der Waals surface area contributed by atoms with E-state index < -0.39 is 12.0 Å². The first-order valence-corrected chi connectivity index (χ1v) is 6.58. The highest BCUT2D eigenvalue weighted by molar-refractivity contribution is 9.10. The number of nitrogens with one attached hydrogen (secondary N) is 1. The highest BCUT2D eigenvalue weighted by atomic mass is 79.9. The van der Waals surface area contributed by atoms with E-state index in [9.17, 15) is 9.59 Å². The van der Waals surface area contributed by atoms with Crippen LogP contribution in [-0.2, 0) is 0 Å². The maximum atomic E-state index is 11.9. The molecular weight excluding hydrogens is 326 g/mol. The van der Waals surface area contributed by atoms with Crippen molar-refractivity contribution in [2.24, 2.45) is 5.92 Å². The van der Waals surface area contributed by atoms with E-state index in [0.717, 1.165) is 0 Å². The number of carbonyl (C=O) groups is 2. The van der Waals surface area contributed by atoms with Crippen molar-refractivity contribution in [1.29, 1.82) is 5.26 Å². The molecule has 1 aromatic carbocycles. The molecule has 2 amide bonds. The van der Waals surface area contributed by atoms with E-state index in [1.165, 1.54) is 17.0 Å². The summed E-state index contributed by atoms with van der Waals surface area (Å²) in [5.74, 6) is -1.35. The van der Waals surface area contributed by atoms with Crippen molar-refractivity contribution in [2.75, 3.05) is 18.9 Å². The molecule has 0 spiro atoms. The summed E-state index contributed by atoms with van der Waals surface area (Å²) in [4.78, 5) is 24.2. The third kappa shape index (κ3) is 4.55. The van der Waals surface area contributed by atoms with Gasteiger partial charge in [-0.05, 0) is 25.1 Å². The van der Waals surface area contributed by atoms with Gasteiger partial charge in [-0.25, -0.2) is 9.59 Å². The number of anilines is 1. The van der Waals surface area contributed by atoms with Gasteiger partial charge in [0.05, 0.1) is 17.6 Å². The predicted octanol–water partition coefficient (Wildman–Crippen LogP) is 2.77. The maximum Gasteiger partial charge on any atom is 0.335 e. The zero-order chi connectivity index (χ0) is 15.3. The minimum atomic E-state index is -1.08. The molecule has 20 heavy (non-hydrogen) atoms. The third-order valence-corrected chi connectivity index (χ3v) is 2.97. The molecule has 1 aromatic rings. The van der Waals surface area contributed by atoms with Crippen LogP contribution in [0.1, 0.15) is 17.3 Å². The molecule has 1 rings (SSSR count). The highest BCUT2D eigenvalue weighted by Crippen LogP contribution is 2.20. The molecule has 0 radical (unpaired) electrons. The number of carboxylic acid groups (broad SMARTS) is 1. The SMILES string of the molecule is CC(C#N)CN(C)C(=O)Nc1cc(Br)cc(C(=O)O)c1. The summed E-state index contributed by atoms with van der Waals surface area (Å²) < 4.78 is 0.556. The summed E-state index contributed by atoms with van der Waals surface area (Å²) in [6.45, 7) is 2.01. The molecular formula is C13H14BrN3O3. The smallest absolute Gasteiger partial charge is 0.335 e. The van der Waals surface area contributed by atoms with E-state index in [-0.39, 0.29) is 11.5 Å². The fraction of sp³-hybridized carbons (Fsp3) is 0.308. The summed E-state index contributed by atoms with van der Waals surface area (Å²) in [7, 11) is 1.57. The third-order valence-electron chi connectivity index (χ3n) is 2.51. The molecule has 1 unspecified atom stereocenters. The van der Waals surface area contributed by atoms with Crippen LogP contribution in [0, 0.1) is 17.2 Å². The first kappa shape index (κ1) is 16.0. The monoisotopic (exact) mass is 339 g/mol.